The largest absolute Gasteiger partial charge is 0.322 e. The molecule has 0 N–H and O–H groups in total. The first-order chi connectivity index (χ1) is 6.48. The fourth-order valence-electron chi connectivity index (χ4n) is 2.27. The van der Waals surface area contributed by atoms with E-state index in [2.05, 4.69) is 41.5 Å². The first-order valence-electron chi connectivity index (χ1n) is 6.34. The molecule has 1 atom stereocenters. The zero-order valence-electron chi connectivity index (χ0n) is 11.1. The van der Waals surface area contributed by atoms with Gasteiger partial charge in [-0.1, -0.05) is 20.8 Å². The maximum atomic E-state index is 2.37. The number of hydrogen-bond acceptors (Lipinski definition) is 0. The van der Waals surface area contributed by atoms with Crippen LogP contribution in [0.15, 0.2) is 0 Å². The first kappa shape index (κ1) is 14.0. The molecular formula is C13H30N+. The minimum atomic E-state index is 0.777. The third-order valence-electron chi connectivity index (χ3n) is 3.55. The van der Waals surface area contributed by atoms with Gasteiger partial charge in [0.2, 0.25) is 0 Å². The van der Waals surface area contributed by atoms with Crippen LogP contribution in [0.2, 0.25) is 0 Å². The molecule has 0 amide bonds. The lowest BCUT2D eigenvalue weighted by molar-refractivity contribution is -0.946. The van der Waals surface area contributed by atoms with Crippen LogP contribution in [0.4, 0.5) is 0 Å². The predicted molar refractivity (Wildman–Crippen MR) is 65.4 cm³/mol. The number of quaternary nitrogens is 1. The molecule has 0 aliphatic heterocycles. The minimum Gasteiger partial charge on any atom is -0.322 e. The molecular weight excluding hydrogens is 170 g/mol. The molecule has 14 heavy (non-hydrogen) atoms. The van der Waals surface area contributed by atoms with Crippen molar-refractivity contribution >= 4 is 0 Å². The van der Waals surface area contributed by atoms with Crippen molar-refractivity contribution in [3.05, 3.63) is 0 Å². The second kappa shape index (κ2) is 6.44. The lowest BCUT2D eigenvalue weighted by Gasteiger charge is -2.42. The average Bonchev–Trinajstić information content (AvgIpc) is 2.11. The van der Waals surface area contributed by atoms with E-state index in [1.807, 2.05) is 0 Å². The Morgan fingerprint density at radius 1 is 0.929 bits per heavy atom. The van der Waals surface area contributed by atoms with Crippen molar-refractivity contribution in [1.29, 1.82) is 0 Å². The van der Waals surface area contributed by atoms with Gasteiger partial charge in [0.25, 0.3) is 0 Å². The van der Waals surface area contributed by atoms with Crippen LogP contribution in [0.5, 0.6) is 0 Å². The summed E-state index contributed by atoms with van der Waals surface area (Å²) in [6, 6.07) is 0.777. The van der Waals surface area contributed by atoms with Crippen LogP contribution >= 0.6 is 0 Å². The van der Waals surface area contributed by atoms with E-state index in [0.29, 0.717) is 0 Å². The summed E-state index contributed by atoms with van der Waals surface area (Å²) in [7, 11) is 0. The Kier molecular flexibility index (Phi) is 6.43. The fourth-order valence-corrected chi connectivity index (χ4v) is 2.27. The van der Waals surface area contributed by atoms with Gasteiger partial charge in [0.15, 0.2) is 0 Å². The van der Waals surface area contributed by atoms with Gasteiger partial charge < -0.3 is 4.48 Å². The highest BCUT2D eigenvalue weighted by Crippen LogP contribution is 2.17. The van der Waals surface area contributed by atoms with Gasteiger partial charge in [0, 0.05) is 0 Å². The molecule has 0 bridgehead atoms. The summed E-state index contributed by atoms with van der Waals surface area (Å²) in [4.78, 5) is 0. The van der Waals surface area contributed by atoms with E-state index in [-0.39, 0.29) is 0 Å². The van der Waals surface area contributed by atoms with E-state index in [0.717, 1.165) is 12.0 Å². The molecule has 0 aromatic rings. The number of rotatable bonds is 7. The Balaban J connectivity index is 4.33. The third-order valence-corrected chi connectivity index (χ3v) is 3.55. The summed E-state index contributed by atoms with van der Waals surface area (Å²) in [5.41, 5.74) is 0. The maximum Gasteiger partial charge on any atom is 0.0833 e. The van der Waals surface area contributed by atoms with Crippen LogP contribution in [-0.4, -0.2) is 30.2 Å². The van der Waals surface area contributed by atoms with Crippen molar-refractivity contribution in [3.63, 3.8) is 0 Å². The molecule has 0 aromatic carbocycles. The molecule has 0 rings (SSSR count). The van der Waals surface area contributed by atoms with Gasteiger partial charge in [-0.15, -0.1) is 0 Å². The van der Waals surface area contributed by atoms with Gasteiger partial charge in [-0.2, -0.15) is 0 Å². The lowest BCUT2D eigenvalue weighted by atomic mass is 10.1. The predicted octanol–water partition coefficient (Wildman–Crippen LogP) is 3.69. The Bertz CT molecular complexity index is 140. The highest BCUT2D eigenvalue weighted by Gasteiger charge is 2.27. The van der Waals surface area contributed by atoms with Crippen molar-refractivity contribution in [1.82, 2.24) is 0 Å². The third kappa shape index (κ3) is 4.00. The van der Waals surface area contributed by atoms with E-state index >= 15 is 0 Å². The molecule has 0 saturated carbocycles. The second-order valence-corrected chi connectivity index (χ2v) is 5.26. The van der Waals surface area contributed by atoms with E-state index in [1.165, 1.54) is 37.0 Å². The topological polar surface area (TPSA) is 0 Å². The Hall–Kier alpha value is -0.0400. The summed E-state index contributed by atoms with van der Waals surface area (Å²) in [6.45, 7) is 18.1. The highest BCUT2D eigenvalue weighted by molar-refractivity contribution is 4.51. The van der Waals surface area contributed by atoms with E-state index in [4.69, 9.17) is 0 Å². The molecule has 0 aliphatic carbocycles. The Labute approximate surface area is 91.1 Å². The summed E-state index contributed by atoms with van der Waals surface area (Å²) in [6.07, 6.45) is 2.68. The van der Waals surface area contributed by atoms with Crippen molar-refractivity contribution < 1.29 is 4.48 Å². The van der Waals surface area contributed by atoms with Gasteiger partial charge in [0.1, 0.15) is 0 Å². The smallest absolute Gasteiger partial charge is 0.0833 e. The van der Waals surface area contributed by atoms with E-state index in [1.54, 1.807) is 0 Å². The molecule has 0 fully saturated rings. The molecule has 0 spiro atoms. The SMILES string of the molecule is CCC[N+](CC)(CCC(C)C)C(C)C. The van der Waals surface area contributed by atoms with Gasteiger partial charge in [0.05, 0.1) is 25.7 Å². The lowest BCUT2D eigenvalue weighted by Crippen LogP contribution is -2.54. The molecule has 86 valence electrons. The van der Waals surface area contributed by atoms with Crippen LogP contribution in [0.3, 0.4) is 0 Å². The minimum absolute atomic E-state index is 0.777. The van der Waals surface area contributed by atoms with Gasteiger partial charge >= 0.3 is 0 Å². The van der Waals surface area contributed by atoms with Crippen LogP contribution < -0.4 is 0 Å². The molecule has 0 aromatic heterocycles. The van der Waals surface area contributed by atoms with Crippen LogP contribution in [0, 0.1) is 5.92 Å². The molecule has 1 unspecified atom stereocenters. The van der Waals surface area contributed by atoms with E-state index in [9.17, 15) is 0 Å². The van der Waals surface area contributed by atoms with Crippen LogP contribution in [0.25, 0.3) is 0 Å². The summed E-state index contributed by atoms with van der Waals surface area (Å²) >= 11 is 0. The average molecular weight is 200 g/mol. The zero-order valence-corrected chi connectivity index (χ0v) is 11.1. The monoisotopic (exact) mass is 200 g/mol. The van der Waals surface area contributed by atoms with Crippen molar-refractivity contribution in [2.45, 2.75) is 60.4 Å². The molecule has 0 radical (unpaired) electrons. The van der Waals surface area contributed by atoms with Crippen molar-refractivity contribution in [2.24, 2.45) is 5.92 Å². The molecule has 1 heteroatoms. The van der Waals surface area contributed by atoms with Crippen LogP contribution in [-0.2, 0) is 0 Å². The summed E-state index contributed by atoms with van der Waals surface area (Å²) in [5.74, 6) is 0.842. The number of hydrogen-bond donors (Lipinski definition) is 0. The van der Waals surface area contributed by atoms with Gasteiger partial charge in [-0.3, -0.25) is 0 Å². The van der Waals surface area contributed by atoms with E-state index < -0.39 is 0 Å². The van der Waals surface area contributed by atoms with Crippen molar-refractivity contribution in [3.8, 4) is 0 Å². The Morgan fingerprint density at radius 3 is 1.79 bits per heavy atom. The molecule has 0 aliphatic rings. The maximum absolute atomic E-state index is 2.37. The quantitative estimate of drug-likeness (QED) is 0.550. The zero-order chi connectivity index (χ0) is 11.2. The van der Waals surface area contributed by atoms with Crippen LogP contribution in [0.1, 0.15) is 54.4 Å². The van der Waals surface area contributed by atoms with Crippen molar-refractivity contribution in [2.75, 3.05) is 19.6 Å². The summed E-state index contributed by atoms with van der Waals surface area (Å²) in [5, 5.41) is 0. The molecule has 0 heterocycles. The summed E-state index contributed by atoms with van der Waals surface area (Å²) < 4.78 is 1.31. The van der Waals surface area contributed by atoms with Gasteiger partial charge in [-0.05, 0) is 39.5 Å². The second-order valence-electron chi connectivity index (χ2n) is 5.26. The Morgan fingerprint density at radius 2 is 1.50 bits per heavy atom. The standard InChI is InChI=1S/C13H30N/c1-7-10-14(8-2,13(5)6)11-9-12(3)4/h12-13H,7-11H2,1-6H3/q+1. The van der Waals surface area contributed by atoms with Gasteiger partial charge in [-0.25, -0.2) is 0 Å². The normalized spacial score (nSPS) is 16.3. The molecule has 0 saturated heterocycles. The highest BCUT2D eigenvalue weighted by atomic mass is 15.4. The first-order valence-corrected chi connectivity index (χ1v) is 6.34. The number of nitrogens with zero attached hydrogens (tertiary/aromatic N) is 1. The fraction of sp³-hybridized carbons (Fsp3) is 1.00. The molecule has 1 nitrogen and oxygen atoms in total.